The summed E-state index contributed by atoms with van der Waals surface area (Å²) >= 11 is 13.6. The first-order chi connectivity index (χ1) is 40.4. The van der Waals surface area contributed by atoms with E-state index in [1.165, 1.54) is 54.6 Å². The number of fused-ring (bicyclic) bond motifs is 15. The van der Waals surface area contributed by atoms with Crippen molar-refractivity contribution in [2.75, 3.05) is 6.61 Å². The topological polar surface area (TPSA) is 424 Å². The molecule has 5 heterocycles. The predicted octanol–water partition coefficient (Wildman–Crippen LogP) is 4.81. The van der Waals surface area contributed by atoms with Crippen LogP contribution in [0.3, 0.4) is 0 Å². The fraction of sp³-hybridized carbons (Fsp3) is 0.172. The number of nitrogens with two attached hydrogens (primary N) is 2. The summed E-state index contributed by atoms with van der Waals surface area (Å²) in [5.74, 6) is -13.5. The lowest BCUT2D eigenvalue weighted by atomic mass is 9.89. The lowest BCUT2D eigenvalue weighted by Crippen LogP contribution is -2.55. The van der Waals surface area contributed by atoms with Crippen LogP contribution >= 0.6 is 23.2 Å². The van der Waals surface area contributed by atoms with E-state index in [1.807, 2.05) is 0 Å². The molecule has 8 atom stereocenters. The molecule has 0 saturated heterocycles. The first kappa shape index (κ1) is 58.2. The summed E-state index contributed by atoms with van der Waals surface area (Å²) in [6.45, 7) is -0.568. The molecule has 5 amide bonds. The van der Waals surface area contributed by atoms with Crippen molar-refractivity contribution in [3.63, 3.8) is 0 Å². The van der Waals surface area contributed by atoms with Gasteiger partial charge in [0, 0.05) is 28.8 Å². The number of amides is 5. The molecule has 5 aliphatic rings. The van der Waals surface area contributed by atoms with Gasteiger partial charge in [0.25, 0.3) is 0 Å². The van der Waals surface area contributed by atoms with Gasteiger partial charge < -0.3 is 98.2 Å². The molecule has 0 fully saturated rings. The Bertz CT molecular complexity index is 3920. The van der Waals surface area contributed by atoms with Crippen molar-refractivity contribution in [3.05, 3.63) is 164 Å². The van der Waals surface area contributed by atoms with Gasteiger partial charge in [-0.15, -0.1) is 0 Å². The maximum absolute atomic E-state index is 15.5. The van der Waals surface area contributed by atoms with Gasteiger partial charge >= 0.3 is 5.97 Å². The SMILES string of the molecule is N[C@@H]1C(=O)N[C@H]2C(=O)N[C@H]3C(=O)N[C@H](C(=O)N[C@H](C(=O)O)c4cc(O)cc(O)c4-c4cc3ccc4O)[C@H](O)c3ccc(c(Cl)c3)Oc3cc2cc(c3O)Oc2ccc(cc2Cl)C[C@H](CO)NC(=O)[C@H](N)c2ccc(O)c(c2)Oc2cc(O)cc1c2. The summed E-state index contributed by atoms with van der Waals surface area (Å²) in [5.41, 5.74) is 11.3. The fourth-order valence-corrected chi connectivity index (χ4v) is 10.4. The second kappa shape index (κ2) is 23.3. The number of aromatic hydroxyl groups is 6. The zero-order valence-electron chi connectivity index (χ0n) is 43.6. The van der Waals surface area contributed by atoms with Gasteiger partial charge in [0.15, 0.2) is 29.0 Å². The number of carboxylic acids is 1. The Morgan fingerprint density at radius 1 is 0.529 bits per heavy atom. The Balaban J connectivity index is 1.18. The van der Waals surface area contributed by atoms with Gasteiger partial charge in [0.2, 0.25) is 35.3 Å². The monoisotopic (exact) mass is 1200 g/mol. The van der Waals surface area contributed by atoms with Crippen molar-refractivity contribution in [1.29, 1.82) is 0 Å². The maximum Gasteiger partial charge on any atom is 0.330 e. The molecule has 7 aromatic rings. The van der Waals surface area contributed by atoms with E-state index in [4.69, 9.17) is 48.9 Å². The largest absolute Gasteiger partial charge is 0.508 e. The fourth-order valence-electron chi connectivity index (χ4n) is 9.88. The highest BCUT2D eigenvalue weighted by atomic mass is 35.5. The predicted molar refractivity (Wildman–Crippen MR) is 298 cm³/mol. The van der Waals surface area contributed by atoms with Crippen LogP contribution in [0.1, 0.15) is 75.3 Å². The number of hydrogen-bond acceptors (Lipinski definition) is 19. The van der Waals surface area contributed by atoms with E-state index in [0.29, 0.717) is 5.56 Å². The number of hydrogen-bond donors (Lipinski definition) is 16. The van der Waals surface area contributed by atoms with Crippen molar-refractivity contribution in [2.45, 2.75) is 54.8 Å². The van der Waals surface area contributed by atoms with Crippen LogP contribution in [0.25, 0.3) is 11.1 Å². The average molecular weight is 1200 g/mol. The Morgan fingerprint density at radius 3 is 1.80 bits per heavy atom. The molecule has 85 heavy (non-hydrogen) atoms. The summed E-state index contributed by atoms with van der Waals surface area (Å²) in [7, 11) is 0. The molecule has 12 rings (SSSR count). The van der Waals surface area contributed by atoms with Crippen LogP contribution in [0.5, 0.6) is 69.0 Å². The lowest BCUT2D eigenvalue weighted by Gasteiger charge is -2.31. The Labute approximate surface area is 489 Å². The van der Waals surface area contributed by atoms with Crippen molar-refractivity contribution in [1.82, 2.24) is 26.6 Å². The van der Waals surface area contributed by atoms with Crippen molar-refractivity contribution < 1.29 is 88.9 Å². The number of halogens is 2. The van der Waals surface area contributed by atoms with Crippen LogP contribution in [0.15, 0.2) is 115 Å². The number of aliphatic carboxylic acids is 1. The number of ether oxygens (including phenoxy) is 3. The van der Waals surface area contributed by atoms with E-state index in [1.54, 1.807) is 0 Å². The van der Waals surface area contributed by atoms with Gasteiger partial charge in [0.1, 0.15) is 76.6 Å². The van der Waals surface area contributed by atoms with Crippen molar-refractivity contribution in [2.24, 2.45) is 11.5 Å². The van der Waals surface area contributed by atoms with Gasteiger partial charge in [0.05, 0.1) is 22.7 Å². The van der Waals surface area contributed by atoms with Crippen LogP contribution in [0.4, 0.5) is 0 Å². The number of rotatable bonds is 2. The molecular formula is C58H49Cl2N7O18. The highest BCUT2D eigenvalue weighted by Crippen LogP contribution is 2.48. The minimum absolute atomic E-state index is 0.0174. The Hall–Kier alpha value is -10.0. The number of aliphatic hydroxyl groups is 2. The third kappa shape index (κ3) is 11.8. The van der Waals surface area contributed by atoms with Gasteiger partial charge in [-0.1, -0.05) is 47.5 Å². The quantitative estimate of drug-likeness (QED) is 0.110. The number of benzene rings is 7. The summed E-state index contributed by atoms with van der Waals surface area (Å²) in [5, 5.41) is 112. The van der Waals surface area contributed by atoms with E-state index < -0.39 is 148 Å². The molecule has 0 saturated carbocycles. The maximum atomic E-state index is 15.5. The molecule has 438 valence electrons. The normalized spacial score (nSPS) is 21.6. The minimum atomic E-state index is -2.17. The number of aliphatic hydroxyl groups excluding tert-OH is 2. The van der Waals surface area contributed by atoms with Crippen LogP contribution in [-0.4, -0.2) is 100 Å². The first-order valence-corrected chi connectivity index (χ1v) is 26.3. The van der Waals surface area contributed by atoms with E-state index >= 15 is 9.59 Å². The number of nitrogens with one attached hydrogen (secondary N) is 5. The second-order valence-corrected chi connectivity index (χ2v) is 20.8. The number of phenolic OH excluding ortho intramolecular Hbond substituents is 6. The molecule has 0 unspecified atom stereocenters. The summed E-state index contributed by atoms with van der Waals surface area (Å²) in [4.78, 5) is 86.4. The smallest absolute Gasteiger partial charge is 0.330 e. The molecule has 0 spiro atoms. The van der Waals surface area contributed by atoms with Crippen LogP contribution in [-0.2, 0) is 35.2 Å². The van der Waals surface area contributed by atoms with Gasteiger partial charge in [-0.2, -0.15) is 0 Å². The second-order valence-electron chi connectivity index (χ2n) is 20.0. The third-order valence-electron chi connectivity index (χ3n) is 14.2. The summed E-state index contributed by atoms with van der Waals surface area (Å²) in [6.07, 6.45) is -2.13. The van der Waals surface area contributed by atoms with Crippen molar-refractivity contribution >= 4 is 58.7 Å². The molecule has 5 aliphatic heterocycles. The van der Waals surface area contributed by atoms with E-state index in [-0.39, 0.29) is 72.8 Å². The number of carbonyl (C=O) groups excluding carboxylic acids is 5. The molecule has 0 radical (unpaired) electrons. The minimum Gasteiger partial charge on any atom is -0.508 e. The Morgan fingerprint density at radius 2 is 1.12 bits per heavy atom. The highest BCUT2D eigenvalue weighted by Gasteiger charge is 2.40. The summed E-state index contributed by atoms with van der Waals surface area (Å²) < 4.78 is 18.4. The lowest BCUT2D eigenvalue weighted by molar-refractivity contribution is -0.143. The first-order valence-electron chi connectivity index (χ1n) is 25.5. The highest BCUT2D eigenvalue weighted by molar-refractivity contribution is 6.32. The van der Waals surface area contributed by atoms with Crippen LogP contribution in [0.2, 0.25) is 10.0 Å². The molecular weight excluding hydrogens is 1150 g/mol. The zero-order valence-corrected chi connectivity index (χ0v) is 45.1. The van der Waals surface area contributed by atoms with Gasteiger partial charge in [-0.3, -0.25) is 24.0 Å². The van der Waals surface area contributed by atoms with E-state index in [2.05, 4.69) is 26.6 Å². The average Bonchev–Trinajstić information content (AvgIpc) is 1.54. The molecule has 0 aromatic heterocycles. The zero-order chi connectivity index (χ0) is 60.9. The number of carboxylic acid groups (broad SMARTS) is 1. The van der Waals surface area contributed by atoms with E-state index in [0.717, 1.165) is 60.7 Å². The van der Waals surface area contributed by atoms with Gasteiger partial charge in [-0.25, -0.2) is 4.79 Å². The number of carbonyl (C=O) groups is 6. The van der Waals surface area contributed by atoms with Crippen LogP contribution in [0, 0.1) is 0 Å². The molecule has 15 bridgehead atoms. The molecule has 7 aromatic carbocycles. The molecule has 0 aliphatic carbocycles. The van der Waals surface area contributed by atoms with E-state index in [9.17, 15) is 65.1 Å². The third-order valence-corrected chi connectivity index (χ3v) is 14.8. The Kier molecular flexibility index (Phi) is 16.0. The molecule has 27 heteroatoms. The molecule has 18 N–H and O–H groups in total. The van der Waals surface area contributed by atoms with Crippen LogP contribution < -0.4 is 52.3 Å². The van der Waals surface area contributed by atoms with Gasteiger partial charge in [-0.05, 0) is 119 Å². The van der Waals surface area contributed by atoms with Crippen molar-refractivity contribution in [3.8, 4) is 80.1 Å². The standard InChI is InChI=1S/C58H49Cl2N7O18/c59-34-10-22-1-7-39(34)84-42-16-27-17-43(52(42)75)85-40-8-4-25(14-35(40)60)51(74)50-57(80)66-49(58(81)82)33-19-30(70)20-38(73)44(33)32-13-24(3-5-36(32)71)47(55(78)67-50)65-56(79)48(27)64-54(77)46(62)26-11-29(69)18-31(12-26)83-41-15-23(2-6-37(41)72)45(61)53(76)63-28(9-22)21-68/h1-8,10-20,28,45-51,68-75H,9,21,61-62H2,(H,63,76)(H,64,77)(H,65,79)(H,66,80)(H,67,78)(H,81,82)/t28-,45-,46+,47-,48-,49+,50+,51-/m1/s1. The summed E-state index contributed by atoms with van der Waals surface area (Å²) in [6, 6.07) is 9.45. The number of phenols is 6. The molecule has 25 nitrogen and oxygen atoms in total.